The molecule has 0 aromatic heterocycles. The third kappa shape index (κ3) is 4.19. The molecule has 0 fully saturated rings. The number of ether oxygens (including phenoxy) is 1. The fourth-order valence-electron chi connectivity index (χ4n) is 1.91. The minimum absolute atomic E-state index is 0.0930. The maximum Gasteiger partial charge on any atom is 0.573 e. The zero-order chi connectivity index (χ0) is 17.3. The lowest BCUT2D eigenvalue weighted by Crippen LogP contribution is -2.17. The third-order valence-corrected chi connectivity index (χ3v) is 2.89. The Morgan fingerprint density at radius 1 is 0.870 bits per heavy atom. The summed E-state index contributed by atoms with van der Waals surface area (Å²) in [5.41, 5.74) is -0.850. The van der Waals surface area contributed by atoms with Gasteiger partial charge in [-0.2, -0.15) is 13.2 Å². The van der Waals surface area contributed by atoms with Crippen LogP contribution < -0.4 is 4.74 Å². The minimum Gasteiger partial charge on any atom is -0.404 e. The summed E-state index contributed by atoms with van der Waals surface area (Å²) in [6, 6.07) is 7.67. The van der Waals surface area contributed by atoms with E-state index in [2.05, 4.69) is 4.74 Å². The van der Waals surface area contributed by atoms with Crippen molar-refractivity contribution in [1.82, 2.24) is 0 Å². The number of halogens is 6. The van der Waals surface area contributed by atoms with E-state index in [1.165, 1.54) is 18.2 Å². The lowest BCUT2D eigenvalue weighted by molar-refractivity contribution is -0.274. The van der Waals surface area contributed by atoms with Crippen molar-refractivity contribution in [2.24, 2.45) is 0 Å². The first kappa shape index (κ1) is 16.7. The van der Waals surface area contributed by atoms with E-state index >= 15 is 0 Å². The van der Waals surface area contributed by atoms with Gasteiger partial charge in [0.15, 0.2) is 0 Å². The van der Waals surface area contributed by atoms with Crippen LogP contribution in [-0.4, -0.2) is 6.36 Å². The molecule has 0 heterocycles. The molecule has 0 spiro atoms. The summed E-state index contributed by atoms with van der Waals surface area (Å²) in [5, 5.41) is 0. The molecule has 23 heavy (non-hydrogen) atoms. The zero-order valence-electron chi connectivity index (χ0n) is 11.3. The molecule has 0 unspecified atom stereocenters. The van der Waals surface area contributed by atoms with E-state index in [4.69, 9.17) is 6.42 Å². The Bertz CT molecular complexity index is 752. The molecular weight excluding hydrogens is 322 g/mol. The predicted molar refractivity (Wildman–Crippen MR) is 71.5 cm³/mol. The number of benzene rings is 2. The highest BCUT2D eigenvalue weighted by Gasteiger charge is 2.32. The monoisotopic (exact) mass is 330 g/mol. The topological polar surface area (TPSA) is 9.23 Å². The molecule has 2 aromatic rings. The van der Waals surface area contributed by atoms with Crippen molar-refractivity contribution in [2.45, 2.75) is 12.5 Å². The van der Waals surface area contributed by atoms with Crippen LogP contribution in [0.3, 0.4) is 0 Å². The maximum atomic E-state index is 12.7. The van der Waals surface area contributed by atoms with E-state index in [0.29, 0.717) is 0 Å². The summed E-state index contributed by atoms with van der Waals surface area (Å²) in [4.78, 5) is 0. The van der Waals surface area contributed by atoms with Crippen molar-refractivity contribution in [2.75, 3.05) is 0 Å². The molecular formula is C16H8F6O. The van der Waals surface area contributed by atoms with E-state index in [1.54, 1.807) is 0 Å². The Hall–Kier alpha value is -2.62. The van der Waals surface area contributed by atoms with Gasteiger partial charge in [-0.3, -0.25) is 0 Å². The van der Waals surface area contributed by atoms with Crippen molar-refractivity contribution < 1.29 is 31.1 Å². The van der Waals surface area contributed by atoms with E-state index in [1.807, 2.05) is 5.92 Å². The van der Waals surface area contributed by atoms with Crippen molar-refractivity contribution in [3.63, 3.8) is 0 Å². The van der Waals surface area contributed by atoms with Gasteiger partial charge in [0, 0.05) is 0 Å². The molecule has 0 aliphatic rings. The quantitative estimate of drug-likeness (QED) is 0.540. The molecule has 0 aliphatic carbocycles. The Morgan fingerprint density at radius 2 is 1.52 bits per heavy atom. The molecule has 1 nitrogen and oxygen atoms in total. The van der Waals surface area contributed by atoms with Crippen LogP contribution in [0.25, 0.3) is 11.1 Å². The van der Waals surface area contributed by atoms with Gasteiger partial charge in [-0.15, -0.1) is 19.6 Å². The van der Waals surface area contributed by atoms with Gasteiger partial charge in [-0.1, -0.05) is 24.1 Å². The predicted octanol–water partition coefficient (Wildman–Crippen LogP) is 5.25. The lowest BCUT2D eigenvalue weighted by Gasteiger charge is -2.13. The summed E-state index contributed by atoms with van der Waals surface area (Å²) in [5.74, 6) is 1.38. The van der Waals surface area contributed by atoms with E-state index in [-0.39, 0.29) is 16.7 Å². The van der Waals surface area contributed by atoms with Crippen LogP contribution >= 0.6 is 0 Å². The number of alkyl halides is 6. The van der Waals surface area contributed by atoms with Gasteiger partial charge < -0.3 is 4.74 Å². The van der Waals surface area contributed by atoms with Gasteiger partial charge in [-0.05, 0) is 35.4 Å². The highest BCUT2D eigenvalue weighted by Crippen LogP contribution is 2.34. The van der Waals surface area contributed by atoms with E-state index in [0.717, 1.165) is 24.3 Å². The largest absolute Gasteiger partial charge is 0.573 e. The Balaban J connectivity index is 2.49. The van der Waals surface area contributed by atoms with Crippen LogP contribution in [0.1, 0.15) is 11.1 Å². The van der Waals surface area contributed by atoms with E-state index in [9.17, 15) is 26.3 Å². The number of hydrogen-bond donors (Lipinski definition) is 0. The molecule has 2 rings (SSSR count). The average molecular weight is 330 g/mol. The standard InChI is InChI=1S/C16H8F6O/c1-2-10-6-7-12(9-14(10)23-16(20,21)22)11-4-3-5-13(8-11)15(17,18)19/h1,3-9H. The molecule has 0 saturated heterocycles. The Morgan fingerprint density at radius 3 is 2.09 bits per heavy atom. The summed E-state index contributed by atoms with van der Waals surface area (Å²) >= 11 is 0. The van der Waals surface area contributed by atoms with Crippen molar-refractivity contribution in [3.8, 4) is 29.2 Å². The Labute approximate surface area is 127 Å². The van der Waals surface area contributed by atoms with Crippen LogP contribution in [0.2, 0.25) is 0 Å². The third-order valence-electron chi connectivity index (χ3n) is 2.89. The summed E-state index contributed by atoms with van der Waals surface area (Å²) in [6.07, 6.45) is -4.42. The smallest absolute Gasteiger partial charge is 0.404 e. The van der Waals surface area contributed by atoms with Gasteiger partial charge in [0.25, 0.3) is 0 Å². The SMILES string of the molecule is C#Cc1ccc(-c2cccc(C(F)(F)F)c2)cc1OC(F)(F)F. The number of terminal acetylenes is 1. The fourth-order valence-corrected chi connectivity index (χ4v) is 1.91. The molecule has 0 atom stereocenters. The second-order valence-corrected chi connectivity index (χ2v) is 4.48. The first-order valence-corrected chi connectivity index (χ1v) is 6.14. The number of rotatable bonds is 2. The maximum absolute atomic E-state index is 12.7. The molecule has 0 N–H and O–H groups in total. The van der Waals surface area contributed by atoms with Gasteiger partial charge >= 0.3 is 12.5 Å². The second kappa shape index (κ2) is 5.88. The van der Waals surface area contributed by atoms with Crippen LogP contribution in [0.4, 0.5) is 26.3 Å². The Kier molecular flexibility index (Phi) is 4.28. The van der Waals surface area contributed by atoms with Crippen LogP contribution in [0, 0.1) is 12.3 Å². The first-order valence-electron chi connectivity index (χ1n) is 6.14. The fraction of sp³-hybridized carbons (Fsp3) is 0.125. The zero-order valence-corrected chi connectivity index (χ0v) is 11.3. The second-order valence-electron chi connectivity index (χ2n) is 4.48. The van der Waals surface area contributed by atoms with Crippen molar-refractivity contribution >= 4 is 0 Å². The molecule has 7 heteroatoms. The number of hydrogen-bond acceptors (Lipinski definition) is 1. The van der Waals surface area contributed by atoms with Crippen molar-refractivity contribution in [3.05, 3.63) is 53.6 Å². The normalized spacial score (nSPS) is 11.9. The molecule has 0 bridgehead atoms. The molecule has 0 saturated carbocycles. The summed E-state index contributed by atoms with van der Waals surface area (Å²) in [7, 11) is 0. The first-order chi connectivity index (χ1) is 10.6. The van der Waals surface area contributed by atoms with Gasteiger partial charge in [0.05, 0.1) is 11.1 Å². The molecule has 120 valence electrons. The molecule has 2 aromatic carbocycles. The van der Waals surface area contributed by atoms with Crippen LogP contribution in [0.15, 0.2) is 42.5 Å². The molecule has 0 aliphatic heterocycles. The minimum atomic E-state index is -4.96. The van der Waals surface area contributed by atoms with Crippen LogP contribution in [-0.2, 0) is 6.18 Å². The highest BCUT2D eigenvalue weighted by molar-refractivity contribution is 5.68. The molecule has 0 amide bonds. The summed E-state index contributed by atoms with van der Waals surface area (Å²) < 4.78 is 79.0. The average Bonchev–Trinajstić information content (AvgIpc) is 2.45. The van der Waals surface area contributed by atoms with Gasteiger partial charge in [0.1, 0.15) is 5.75 Å². The van der Waals surface area contributed by atoms with Gasteiger partial charge in [-0.25, -0.2) is 0 Å². The highest BCUT2D eigenvalue weighted by atomic mass is 19.4. The van der Waals surface area contributed by atoms with E-state index < -0.39 is 23.9 Å². The lowest BCUT2D eigenvalue weighted by atomic mass is 10.0. The van der Waals surface area contributed by atoms with Crippen molar-refractivity contribution in [1.29, 1.82) is 0 Å². The summed E-state index contributed by atoms with van der Waals surface area (Å²) in [6.45, 7) is 0. The van der Waals surface area contributed by atoms with Gasteiger partial charge in [0.2, 0.25) is 0 Å². The molecule has 0 radical (unpaired) electrons. The van der Waals surface area contributed by atoms with Crippen LogP contribution in [0.5, 0.6) is 5.75 Å².